The van der Waals surface area contributed by atoms with Crippen molar-refractivity contribution in [1.29, 1.82) is 0 Å². The van der Waals surface area contributed by atoms with Crippen LogP contribution in [0.15, 0.2) is 23.8 Å². The Morgan fingerprint density at radius 1 is 1.56 bits per heavy atom. The molecule has 4 nitrogen and oxygen atoms in total. The zero-order valence-electron chi connectivity index (χ0n) is 11.3. The number of carbonyl (C=O) groups is 2. The zero-order valence-corrected chi connectivity index (χ0v) is 11.3. The molecule has 0 aromatic carbocycles. The second kappa shape index (κ2) is 7.11. The molecule has 0 saturated heterocycles. The van der Waals surface area contributed by atoms with Crippen LogP contribution in [0.4, 0.5) is 0 Å². The van der Waals surface area contributed by atoms with Crippen LogP contribution in [-0.2, 0) is 9.59 Å². The third kappa shape index (κ3) is 4.45. The van der Waals surface area contributed by atoms with Gasteiger partial charge >= 0.3 is 0 Å². The van der Waals surface area contributed by atoms with Gasteiger partial charge in [0.1, 0.15) is 0 Å². The fraction of sp³-hybridized carbons (Fsp3) is 0.571. The lowest BCUT2D eigenvalue weighted by atomic mass is 9.70. The largest absolute Gasteiger partial charge is 0.483 e. The van der Waals surface area contributed by atoms with Crippen LogP contribution in [0.3, 0.4) is 0 Å². The van der Waals surface area contributed by atoms with Crippen LogP contribution in [0.5, 0.6) is 0 Å². The number of allylic oxidation sites excluding steroid dienone is 2. The first-order valence-electron chi connectivity index (χ1n) is 5.91. The van der Waals surface area contributed by atoms with Crippen molar-refractivity contribution in [2.24, 2.45) is 5.41 Å². The third-order valence-electron chi connectivity index (χ3n) is 3.41. The summed E-state index contributed by atoms with van der Waals surface area (Å²) in [6.45, 7) is 9.43. The molecule has 2 N–H and O–H groups in total. The van der Waals surface area contributed by atoms with Gasteiger partial charge in [0, 0.05) is 6.42 Å². The topological polar surface area (TPSA) is 74.6 Å². The third-order valence-corrected chi connectivity index (χ3v) is 3.41. The average molecular weight is 254 g/mol. The van der Waals surface area contributed by atoms with Crippen molar-refractivity contribution >= 4 is 12.3 Å². The summed E-state index contributed by atoms with van der Waals surface area (Å²) >= 11 is 0. The fourth-order valence-corrected chi connectivity index (χ4v) is 2.22. The smallest absolute Gasteiger partial charge is 0.290 e. The normalized spacial score (nSPS) is 21.7. The molecule has 0 aliphatic heterocycles. The predicted octanol–water partition coefficient (Wildman–Crippen LogP) is 2.33. The SMILES string of the molecule is C=CC(=O)CC1=C(C)C(O)CCC1(C)C.O=CO. The van der Waals surface area contributed by atoms with Gasteiger partial charge in [0.25, 0.3) is 6.47 Å². The maximum absolute atomic E-state index is 11.4. The van der Waals surface area contributed by atoms with Crippen LogP contribution in [0.2, 0.25) is 0 Å². The van der Waals surface area contributed by atoms with E-state index in [0.29, 0.717) is 6.42 Å². The Hall–Kier alpha value is -1.42. The first-order chi connectivity index (χ1) is 8.30. The summed E-state index contributed by atoms with van der Waals surface area (Å²) in [5.41, 5.74) is 2.09. The first-order valence-corrected chi connectivity index (χ1v) is 5.91. The Labute approximate surface area is 108 Å². The van der Waals surface area contributed by atoms with E-state index >= 15 is 0 Å². The molecule has 0 radical (unpaired) electrons. The highest BCUT2D eigenvalue weighted by Gasteiger charge is 2.32. The summed E-state index contributed by atoms with van der Waals surface area (Å²) in [5.74, 6) is 0.0338. The number of aliphatic hydroxyl groups excluding tert-OH is 1. The lowest BCUT2D eigenvalue weighted by molar-refractivity contribution is -0.123. The summed E-state index contributed by atoms with van der Waals surface area (Å²) in [5, 5.41) is 16.7. The molecule has 1 rings (SSSR count). The van der Waals surface area contributed by atoms with E-state index in [1.54, 1.807) is 0 Å². The minimum Gasteiger partial charge on any atom is -0.483 e. The second-order valence-corrected chi connectivity index (χ2v) is 5.05. The van der Waals surface area contributed by atoms with Gasteiger partial charge in [-0.25, -0.2) is 0 Å². The van der Waals surface area contributed by atoms with E-state index < -0.39 is 0 Å². The van der Waals surface area contributed by atoms with Crippen molar-refractivity contribution in [3.63, 3.8) is 0 Å². The summed E-state index contributed by atoms with van der Waals surface area (Å²) < 4.78 is 0. The van der Waals surface area contributed by atoms with E-state index in [2.05, 4.69) is 20.4 Å². The van der Waals surface area contributed by atoms with Gasteiger partial charge in [0.15, 0.2) is 5.78 Å². The summed E-state index contributed by atoms with van der Waals surface area (Å²) in [4.78, 5) is 19.7. The van der Waals surface area contributed by atoms with E-state index in [1.165, 1.54) is 6.08 Å². The number of aliphatic hydroxyl groups is 1. The van der Waals surface area contributed by atoms with Gasteiger partial charge in [-0.15, -0.1) is 0 Å². The minimum absolute atomic E-state index is 0.0297. The van der Waals surface area contributed by atoms with Gasteiger partial charge in [0.2, 0.25) is 0 Å². The number of hydrogen-bond acceptors (Lipinski definition) is 3. The van der Waals surface area contributed by atoms with Gasteiger partial charge in [-0.3, -0.25) is 9.59 Å². The Bertz CT molecular complexity index is 353. The Kier molecular flexibility index (Phi) is 6.55. The van der Waals surface area contributed by atoms with Crippen LogP contribution in [0.25, 0.3) is 0 Å². The Balaban J connectivity index is 0.000000873. The second-order valence-electron chi connectivity index (χ2n) is 5.05. The number of carbonyl (C=O) groups excluding carboxylic acids is 1. The van der Waals surface area contributed by atoms with Crippen molar-refractivity contribution in [1.82, 2.24) is 0 Å². The van der Waals surface area contributed by atoms with Crippen molar-refractivity contribution in [3.8, 4) is 0 Å². The van der Waals surface area contributed by atoms with E-state index in [0.717, 1.165) is 24.0 Å². The van der Waals surface area contributed by atoms with E-state index in [1.807, 2.05) is 6.92 Å². The molecular formula is C14H22O4. The lowest BCUT2D eigenvalue weighted by Gasteiger charge is -2.36. The molecule has 0 spiro atoms. The fourth-order valence-electron chi connectivity index (χ4n) is 2.22. The van der Waals surface area contributed by atoms with Gasteiger partial charge in [-0.2, -0.15) is 0 Å². The quantitative estimate of drug-likeness (QED) is 0.460. The average Bonchev–Trinajstić information content (AvgIpc) is 2.31. The molecule has 0 fully saturated rings. The van der Waals surface area contributed by atoms with E-state index in [-0.39, 0.29) is 23.8 Å². The molecule has 0 aromatic rings. The number of ketones is 1. The van der Waals surface area contributed by atoms with Gasteiger partial charge in [0.05, 0.1) is 6.10 Å². The Morgan fingerprint density at radius 3 is 2.50 bits per heavy atom. The van der Waals surface area contributed by atoms with Crippen molar-refractivity contribution < 1.29 is 19.8 Å². The molecule has 0 amide bonds. The van der Waals surface area contributed by atoms with Crippen LogP contribution in [0, 0.1) is 5.41 Å². The van der Waals surface area contributed by atoms with Crippen molar-refractivity contribution in [2.45, 2.75) is 46.1 Å². The molecule has 18 heavy (non-hydrogen) atoms. The highest BCUT2D eigenvalue weighted by molar-refractivity contribution is 5.91. The van der Waals surface area contributed by atoms with Crippen LogP contribution < -0.4 is 0 Å². The summed E-state index contributed by atoms with van der Waals surface area (Å²) in [6.07, 6.45) is 3.12. The maximum Gasteiger partial charge on any atom is 0.290 e. The van der Waals surface area contributed by atoms with Gasteiger partial charge in [-0.05, 0) is 36.8 Å². The van der Waals surface area contributed by atoms with Crippen LogP contribution in [-0.4, -0.2) is 28.6 Å². The molecule has 1 unspecified atom stereocenters. The lowest BCUT2D eigenvalue weighted by Crippen LogP contribution is -2.29. The van der Waals surface area contributed by atoms with Crippen LogP contribution >= 0.6 is 0 Å². The molecule has 102 valence electrons. The van der Waals surface area contributed by atoms with Crippen molar-refractivity contribution in [2.75, 3.05) is 0 Å². The minimum atomic E-state index is -0.370. The number of carboxylic acid groups (broad SMARTS) is 1. The predicted molar refractivity (Wildman–Crippen MR) is 70.2 cm³/mol. The van der Waals surface area contributed by atoms with Crippen LogP contribution in [0.1, 0.15) is 40.0 Å². The molecule has 1 aliphatic rings. The van der Waals surface area contributed by atoms with Gasteiger partial charge < -0.3 is 10.2 Å². The molecule has 0 bridgehead atoms. The monoisotopic (exact) mass is 254 g/mol. The summed E-state index contributed by atoms with van der Waals surface area (Å²) in [6, 6.07) is 0. The first kappa shape index (κ1) is 16.6. The number of rotatable bonds is 3. The molecule has 1 aliphatic carbocycles. The maximum atomic E-state index is 11.4. The van der Waals surface area contributed by atoms with E-state index in [4.69, 9.17) is 9.90 Å². The summed E-state index contributed by atoms with van der Waals surface area (Å²) in [7, 11) is 0. The van der Waals surface area contributed by atoms with Gasteiger partial charge in [-0.1, -0.05) is 26.0 Å². The Morgan fingerprint density at radius 2 is 2.06 bits per heavy atom. The highest BCUT2D eigenvalue weighted by atomic mass is 16.3. The molecule has 0 saturated carbocycles. The molecule has 4 heteroatoms. The molecule has 1 atom stereocenters. The zero-order chi connectivity index (χ0) is 14.3. The molecule has 0 aromatic heterocycles. The molecular weight excluding hydrogens is 232 g/mol. The number of hydrogen-bond donors (Lipinski definition) is 2. The standard InChI is InChI=1S/C13H20O2.CH2O2/c1-5-10(14)8-11-9(2)12(15)6-7-13(11,3)4;2-1-3/h5,12,15H,1,6-8H2,2-4H3;1H,(H,2,3). The van der Waals surface area contributed by atoms with E-state index in [9.17, 15) is 9.90 Å². The van der Waals surface area contributed by atoms with Crippen molar-refractivity contribution in [3.05, 3.63) is 23.8 Å². The highest BCUT2D eigenvalue weighted by Crippen LogP contribution is 2.41. The molecule has 0 heterocycles.